The number of carbonyl (C=O) groups excluding carboxylic acids is 2. The third-order valence-electron chi connectivity index (χ3n) is 3.13. The van der Waals surface area contributed by atoms with Crippen LogP contribution >= 0.6 is 0 Å². The van der Waals surface area contributed by atoms with E-state index in [9.17, 15) is 9.59 Å². The molecule has 122 valence electrons. The van der Waals surface area contributed by atoms with Crippen molar-refractivity contribution < 1.29 is 14.1 Å². The lowest BCUT2D eigenvalue weighted by Crippen LogP contribution is -2.34. The lowest BCUT2D eigenvalue weighted by atomic mass is 10.2. The van der Waals surface area contributed by atoms with Crippen molar-refractivity contribution in [2.75, 3.05) is 16.0 Å². The number of nitrogens with one attached hydrogen (secondary N) is 3. The lowest BCUT2D eigenvalue weighted by molar-refractivity contribution is -0.117. The molecule has 0 unspecified atom stereocenters. The predicted molar refractivity (Wildman–Crippen MR) is 88.3 cm³/mol. The van der Waals surface area contributed by atoms with Gasteiger partial charge in [-0.2, -0.15) is 0 Å². The van der Waals surface area contributed by atoms with Gasteiger partial charge in [-0.25, -0.2) is 0 Å². The van der Waals surface area contributed by atoms with Gasteiger partial charge in [-0.3, -0.25) is 9.59 Å². The molecule has 3 N–H and O–H groups in total. The molecular weight excluding hydrogens is 296 g/mol. The van der Waals surface area contributed by atoms with Gasteiger partial charge >= 0.3 is 0 Å². The number of hydrogen-bond donors (Lipinski definition) is 3. The average molecular weight is 316 g/mol. The van der Waals surface area contributed by atoms with Gasteiger partial charge in [0, 0.05) is 24.4 Å². The Morgan fingerprint density at radius 1 is 1.22 bits per heavy atom. The number of hydrogen-bond acceptors (Lipinski definition) is 5. The molecule has 0 saturated carbocycles. The summed E-state index contributed by atoms with van der Waals surface area (Å²) in [6.45, 7) is 5.11. The molecule has 2 rings (SSSR count). The van der Waals surface area contributed by atoms with Crippen LogP contribution in [0.1, 0.15) is 26.0 Å². The fourth-order valence-electron chi connectivity index (χ4n) is 2.08. The van der Waals surface area contributed by atoms with Crippen molar-refractivity contribution in [1.82, 2.24) is 5.16 Å². The monoisotopic (exact) mass is 316 g/mol. The number of benzene rings is 1. The van der Waals surface area contributed by atoms with Gasteiger partial charge in [-0.1, -0.05) is 18.1 Å². The summed E-state index contributed by atoms with van der Waals surface area (Å²) in [6.07, 6.45) is 0.590. The van der Waals surface area contributed by atoms with Crippen LogP contribution in [-0.2, 0) is 9.59 Å². The number of nitrogens with zero attached hydrogens (tertiary/aromatic N) is 1. The molecule has 2 aromatic rings. The summed E-state index contributed by atoms with van der Waals surface area (Å²) in [4.78, 5) is 23.4. The van der Waals surface area contributed by atoms with E-state index >= 15 is 0 Å². The molecule has 7 nitrogen and oxygen atoms in total. The van der Waals surface area contributed by atoms with Crippen LogP contribution in [0.3, 0.4) is 0 Å². The summed E-state index contributed by atoms with van der Waals surface area (Å²) in [5.74, 6) is 0.670. The van der Waals surface area contributed by atoms with E-state index in [-0.39, 0.29) is 11.8 Å². The lowest BCUT2D eigenvalue weighted by Gasteiger charge is -2.17. The first-order chi connectivity index (χ1) is 11.0. The maximum atomic E-state index is 12.3. The molecule has 0 saturated heterocycles. The zero-order valence-electron chi connectivity index (χ0n) is 13.3. The third kappa shape index (κ3) is 4.84. The number of anilines is 3. The van der Waals surface area contributed by atoms with E-state index in [0.29, 0.717) is 23.7 Å². The highest BCUT2D eigenvalue weighted by Crippen LogP contribution is 2.17. The van der Waals surface area contributed by atoms with Gasteiger partial charge in [-0.15, -0.1) is 0 Å². The van der Waals surface area contributed by atoms with Crippen molar-refractivity contribution in [3.63, 3.8) is 0 Å². The Kier molecular flexibility index (Phi) is 5.35. The molecule has 23 heavy (non-hydrogen) atoms. The van der Waals surface area contributed by atoms with Crippen LogP contribution in [0, 0.1) is 6.92 Å². The van der Waals surface area contributed by atoms with Crippen molar-refractivity contribution >= 4 is 29.0 Å². The van der Waals surface area contributed by atoms with E-state index in [1.54, 1.807) is 31.2 Å². The molecule has 1 aromatic heterocycles. The zero-order chi connectivity index (χ0) is 16.8. The van der Waals surface area contributed by atoms with Crippen LogP contribution in [0.4, 0.5) is 17.2 Å². The quantitative estimate of drug-likeness (QED) is 0.761. The van der Waals surface area contributed by atoms with Gasteiger partial charge in [0.15, 0.2) is 5.82 Å². The molecule has 1 aromatic carbocycles. The molecule has 0 aliphatic heterocycles. The Morgan fingerprint density at radius 2 is 1.96 bits per heavy atom. The molecule has 0 spiro atoms. The second-order valence-electron chi connectivity index (χ2n) is 5.18. The van der Waals surface area contributed by atoms with Crippen LogP contribution in [0.5, 0.6) is 0 Å². The topological polar surface area (TPSA) is 96.3 Å². The highest BCUT2D eigenvalue weighted by Gasteiger charge is 2.17. The minimum atomic E-state index is -0.431. The molecule has 0 fully saturated rings. The van der Waals surface area contributed by atoms with Crippen LogP contribution in [0.15, 0.2) is 34.9 Å². The average Bonchev–Trinajstić information content (AvgIpc) is 2.89. The molecule has 7 heteroatoms. The fraction of sp³-hybridized carbons (Fsp3) is 0.312. The van der Waals surface area contributed by atoms with Gasteiger partial charge in [0.05, 0.1) is 0 Å². The summed E-state index contributed by atoms with van der Waals surface area (Å²) in [6, 6.07) is 8.42. The Hall–Kier alpha value is -2.83. The Balaban J connectivity index is 2.03. The standard InChI is InChI=1S/C16H20N4O3/c1-4-14(16(22)19-15-8-10(2)23-20-15)18-13-7-5-6-12(9-13)17-11(3)21/h5-9,14,18H,4H2,1-3H3,(H,17,21)(H,19,20,22)/t14-/m0/s1. The number of amides is 2. The first kappa shape index (κ1) is 16.5. The smallest absolute Gasteiger partial charge is 0.248 e. The minimum Gasteiger partial charge on any atom is -0.374 e. The van der Waals surface area contributed by atoms with Gasteiger partial charge in [0.25, 0.3) is 0 Å². The number of aryl methyl sites for hydroxylation is 1. The maximum absolute atomic E-state index is 12.3. The Bertz CT molecular complexity index is 696. The summed E-state index contributed by atoms with van der Waals surface area (Å²) in [5.41, 5.74) is 1.42. The highest BCUT2D eigenvalue weighted by molar-refractivity contribution is 5.96. The van der Waals surface area contributed by atoms with Crippen LogP contribution < -0.4 is 16.0 Å². The van der Waals surface area contributed by atoms with Gasteiger partial charge in [-0.05, 0) is 31.5 Å². The predicted octanol–water partition coefficient (Wildman–Crippen LogP) is 2.77. The first-order valence-corrected chi connectivity index (χ1v) is 7.36. The third-order valence-corrected chi connectivity index (χ3v) is 3.13. The van der Waals surface area contributed by atoms with E-state index in [1.165, 1.54) is 6.92 Å². The molecule has 0 bridgehead atoms. The summed E-state index contributed by atoms with van der Waals surface area (Å²) in [5, 5.41) is 12.3. The Labute approximate surface area is 134 Å². The molecule has 0 radical (unpaired) electrons. The van der Waals surface area contributed by atoms with E-state index in [1.807, 2.05) is 13.0 Å². The van der Waals surface area contributed by atoms with Crippen molar-refractivity contribution in [2.45, 2.75) is 33.2 Å². The van der Waals surface area contributed by atoms with Gasteiger partial charge in [0.2, 0.25) is 11.8 Å². The molecular formula is C16H20N4O3. The van der Waals surface area contributed by atoms with Crippen LogP contribution in [0.25, 0.3) is 0 Å². The highest BCUT2D eigenvalue weighted by atomic mass is 16.5. The number of rotatable bonds is 6. The summed E-state index contributed by atoms with van der Waals surface area (Å²) < 4.78 is 4.92. The van der Waals surface area contributed by atoms with E-state index in [4.69, 9.17) is 4.52 Å². The number of carbonyl (C=O) groups is 2. The van der Waals surface area contributed by atoms with Crippen molar-refractivity contribution in [3.05, 3.63) is 36.1 Å². The van der Waals surface area contributed by atoms with E-state index in [0.717, 1.165) is 5.69 Å². The van der Waals surface area contributed by atoms with E-state index < -0.39 is 6.04 Å². The van der Waals surface area contributed by atoms with Gasteiger partial charge < -0.3 is 20.5 Å². The molecule has 1 atom stereocenters. The van der Waals surface area contributed by atoms with Crippen molar-refractivity contribution in [1.29, 1.82) is 0 Å². The van der Waals surface area contributed by atoms with E-state index in [2.05, 4.69) is 21.1 Å². The molecule has 2 amide bonds. The number of aromatic nitrogens is 1. The van der Waals surface area contributed by atoms with Crippen molar-refractivity contribution in [3.8, 4) is 0 Å². The van der Waals surface area contributed by atoms with Crippen LogP contribution in [-0.4, -0.2) is 23.0 Å². The minimum absolute atomic E-state index is 0.145. The van der Waals surface area contributed by atoms with Gasteiger partial charge in [0.1, 0.15) is 11.8 Å². The molecule has 1 heterocycles. The second-order valence-corrected chi connectivity index (χ2v) is 5.18. The van der Waals surface area contributed by atoms with Crippen molar-refractivity contribution in [2.24, 2.45) is 0 Å². The zero-order valence-corrected chi connectivity index (χ0v) is 13.3. The molecule has 0 aliphatic rings. The second kappa shape index (κ2) is 7.44. The summed E-state index contributed by atoms with van der Waals surface area (Å²) in [7, 11) is 0. The van der Waals surface area contributed by atoms with Crippen LogP contribution in [0.2, 0.25) is 0 Å². The maximum Gasteiger partial charge on any atom is 0.248 e. The fourth-order valence-corrected chi connectivity index (χ4v) is 2.08. The first-order valence-electron chi connectivity index (χ1n) is 7.36. The summed E-state index contributed by atoms with van der Waals surface area (Å²) >= 11 is 0. The SMILES string of the molecule is CC[C@H](Nc1cccc(NC(C)=O)c1)C(=O)Nc1cc(C)on1. The normalized spacial score (nSPS) is 11.6. The Morgan fingerprint density at radius 3 is 2.57 bits per heavy atom. The largest absolute Gasteiger partial charge is 0.374 e. The molecule has 0 aliphatic carbocycles.